The Bertz CT molecular complexity index is 365. The first-order valence-electron chi connectivity index (χ1n) is 7.49. The molecule has 5 nitrogen and oxygen atoms in total. The van der Waals surface area contributed by atoms with Crippen LogP contribution < -0.4 is 0 Å². The van der Waals surface area contributed by atoms with Crippen molar-refractivity contribution in [3.63, 3.8) is 0 Å². The van der Waals surface area contributed by atoms with Crippen molar-refractivity contribution in [2.75, 3.05) is 7.05 Å². The molecule has 0 rings (SSSR count). The van der Waals surface area contributed by atoms with Crippen molar-refractivity contribution in [1.29, 1.82) is 0 Å². The van der Waals surface area contributed by atoms with Gasteiger partial charge in [-0.1, -0.05) is 20.8 Å². The third-order valence-corrected chi connectivity index (χ3v) is 3.76. The molecule has 0 bridgehead atoms. The Labute approximate surface area is 128 Å². The van der Waals surface area contributed by atoms with Gasteiger partial charge in [-0.3, -0.25) is 14.5 Å². The number of hydrogen-bond donors (Lipinski definition) is 0. The maximum atomic E-state index is 12.6. The van der Waals surface area contributed by atoms with Gasteiger partial charge in [-0.2, -0.15) is 0 Å². The second kappa shape index (κ2) is 8.93. The summed E-state index contributed by atoms with van der Waals surface area (Å²) in [6.45, 7) is 10.8. The number of carbonyl (C=O) groups excluding carboxylic acids is 3. The van der Waals surface area contributed by atoms with Crippen molar-refractivity contribution >= 4 is 18.0 Å². The van der Waals surface area contributed by atoms with Crippen LogP contribution in [0.15, 0.2) is 0 Å². The van der Waals surface area contributed by atoms with E-state index < -0.39 is 18.1 Å². The van der Waals surface area contributed by atoms with E-state index in [1.165, 1.54) is 6.92 Å². The van der Waals surface area contributed by atoms with Gasteiger partial charge in [0.25, 0.3) is 0 Å². The topological polar surface area (TPSA) is 63.7 Å². The molecule has 0 aliphatic rings. The summed E-state index contributed by atoms with van der Waals surface area (Å²) >= 11 is 0. The zero-order chi connectivity index (χ0) is 16.7. The minimum atomic E-state index is -0.616. The predicted molar refractivity (Wildman–Crippen MR) is 81.9 cm³/mol. The minimum absolute atomic E-state index is 0.0233. The number of rotatable bonds is 9. The molecule has 0 radical (unpaired) electrons. The number of aldehydes is 1. The van der Waals surface area contributed by atoms with Gasteiger partial charge in [-0.15, -0.1) is 0 Å². The SMILES string of the molecule is CC(=O)O[C@H](C(C(=O)C(C)C)N(C)C(C)C)[C@@H](C)CC=O. The highest BCUT2D eigenvalue weighted by molar-refractivity contribution is 5.86. The van der Waals surface area contributed by atoms with Gasteiger partial charge in [-0.25, -0.2) is 0 Å². The standard InChI is InChI=1S/C16H29NO4/c1-10(2)15(20)14(17(7)11(3)4)16(21-13(6)19)12(5)8-9-18/h9-12,14,16H,8H2,1-7H3/t12-,14?,16-/m0/s1. The van der Waals surface area contributed by atoms with Gasteiger partial charge in [0.2, 0.25) is 0 Å². The van der Waals surface area contributed by atoms with Crippen LogP contribution in [-0.4, -0.2) is 48.2 Å². The van der Waals surface area contributed by atoms with Crippen molar-refractivity contribution in [1.82, 2.24) is 4.90 Å². The molecule has 122 valence electrons. The quantitative estimate of drug-likeness (QED) is 0.482. The molecule has 3 atom stereocenters. The summed E-state index contributed by atoms with van der Waals surface area (Å²) in [7, 11) is 1.85. The number of hydrogen-bond acceptors (Lipinski definition) is 5. The van der Waals surface area contributed by atoms with Crippen molar-refractivity contribution in [3.8, 4) is 0 Å². The maximum Gasteiger partial charge on any atom is 0.302 e. The summed E-state index contributed by atoms with van der Waals surface area (Å²) in [6.07, 6.45) is 0.439. The number of Topliss-reactive ketones (excluding diaryl/α,β-unsaturated/α-hetero) is 1. The molecular formula is C16H29NO4. The van der Waals surface area contributed by atoms with Gasteiger partial charge in [0.05, 0.1) is 0 Å². The number of likely N-dealkylation sites (N-methyl/N-ethyl adjacent to an activating group) is 1. The number of nitrogens with zero attached hydrogens (tertiary/aromatic N) is 1. The Morgan fingerprint density at radius 2 is 1.67 bits per heavy atom. The number of carbonyl (C=O) groups is 3. The van der Waals surface area contributed by atoms with Crippen LogP contribution in [0.2, 0.25) is 0 Å². The third-order valence-electron chi connectivity index (χ3n) is 3.76. The molecule has 0 amide bonds. The zero-order valence-corrected chi connectivity index (χ0v) is 14.3. The van der Waals surface area contributed by atoms with E-state index in [9.17, 15) is 14.4 Å². The molecule has 0 heterocycles. The van der Waals surface area contributed by atoms with Crippen LogP contribution in [0.25, 0.3) is 0 Å². The normalized spacial score (nSPS) is 15.9. The highest BCUT2D eigenvalue weighted by Gasteiger charge is 2.39. The van der Waals surface area contributed by atoms with Crippen LogP contribution in [0, 0.1) is 11.8 Å². The van der Waals surface area contributed by atoms with Crippen LogP contribution >= 0.6 is 0 Å². The maximum absolute atomic E-state index is 12.6. The smallest absolute Gasteiger partial charge is 0.302 e. The Hall–Kier alpha value is -1.23. The molecule has 0 aromatic heterocycles. The Balaban J connectivity index is 5.58. The van der Waals surface area contributed by atoms with E-state index in [1.807, 2.05) is 46.6 Å². The fourth-order valence-corrected chi connectivity index (χ4v) is 2.23. The van der Waals surface area contributed by atoms with Gasteiger partial charge in [-0.05, 0) is 20.9 Å². The second-order valence-corrected chi connectivity index (χ2v) is 6.21. The molecule has 1 unspecified atom stereocenters. The number of ether oxygens (including phenoxy) is 1. The second-order valence-electron chi connectivity index (χ2n) is 6.21. The molecule has 0 saturated carbocycles. The Morgan fingerprint density at radius 3 is 2.00 bits per heavy atom. The van der Waals surface area contributed by atoms with Gasteiger partial charge >= 0.3 is 5.97 Å². The first-order valence-corrected chi connectivity index (χ1v) is 7.49. The average Bonchev–Trinajstić information content (AvgIpc) is 2.36. The van der Waals surface area contributed by atoms with Crippen molar-refractivity contribution < 1.29 is 19.1 Å². The molecule has 0 aromatic rings. The van der Waals surface area contributed by atoms with Crippen LogP contribution in [0.3, 0.4) is 0 Å². The van der Waals surface area contributed by atoms with E-state index in [0.717, 1.165) is 6.29 Å². The first kappa shape index (κ1) is 19.8. The fourth-order valence-electron chi connectivity index (χ4n) is 2.23. The number of esters is 1. The Kier molecular flexibility index (Phi) is 8.40. The van der Waals surface area contributed by atoms with E-state index in [0.29, 0.717) is 0 Å². The molecular weight excluding hydrogens is 270 g/mol. The summed E-state index contributed by atoms with van der Waals surface area (Å²) in [6, 6.07) is -0.414. The highest BCUT2D eigenvalue weighted by atomic mass is 16.5. The van der Waals surface area contributed by atoms with E-state index in [1.54, 1.807) is 0 Å². The third kappa shape index (κ3) is 5.96. The van der Waals surface area contributed by atoms with E-state index >= 15 is 0 Å². The van der Waals surface area contributed by atoms with Crippen LogP contribution in [-0.2, 0) is 19.1 Å². The average molecular weight is 299 g/mol. The van der Waals surface area contributed by atoms with Crippen LogP contribution in [0.4, 0.5) is 0 Å². The summed E-state index contributed by atoms with van der Waals surface area (Å²) in [5.41, 5.74) is 0. The fraction of sp³-hybridized carbons (Fsp3) is 0.812. The summed E-state index contributed by atoms with van der Waals surface area (Å²) < 4.78 is 5.41. The van der Waals surface area contributed by atoms with E-state index in [4.69, 9.17) is 4.74 Å². The van der Waals surface area contributed by atoms with Gasteiger partial charge in [0, 0.05) is 31.2 Å². The van der Waals surface area contributed by atoms with Crippen molar-refractivity contribution in [3.05, 3.63) is 0 Å². The first-order chi connectivity index (χ1) is 9.63. The van der Waals surface area contributed by atoms with E-state index in [2.05, 4.69) is 0 Å². The molecule has 0 aliphatic carbocycles. The molecule has 21 heavy (non-hydrogen) atoms. The lowest BCUT2D eigenvalue weighted by atomic mass is 9.87. The van der Waals surface area contributed by atoms with Crippen molar-refractivity contribution in [2.24, 2.45) is 11.8 Å². The Morgan fingerprint density at radius 1 is 1.14 bits per heavy atom. The molecule has 0 N–H and O–H groups in total. The highest BCUT2D eigenvalue weighted by Crippen LogP contribution is 2.23. The van der Waals surface area contributed by atoms with Gasteiger partial charge < -0.3 is 9.53 Å². The van der Waals surface area contributed by atoms with Gasteiger partial charge in [0.1, 0.15) is 18.4 Å². The predicted octanol–water partition coefficient (Wildman–Crippen LogP) is 2.08. The van der Waals surface area contributed by atoms with Crippen LogP contribution in [0.1, 0.15) is 48.0 Å². The summed E-state index contributed by atoms with van der Waals surface area (Å²) in [5.74, 6) is -0.787. The molecule has 0 aliphatic heterocycles. The zero-order valence-electron chi connectivity index (χ0n) is 14.3. The summed E-state index contributed by atoms with van der Waals surface area (Å²) in [5, 5.41) is 0. The largest absolute Gasteiger partial charge is 0.460 e. The molecule has 0 aromatic carbocycles. The molecule has 0 saturated heterocycles. The lowest BCUT2D eigenvalue weighted by Gasteiger charge is -2.38. The van der Waals surface area contributed by atoms with Gasteiger partial charge in [0.15, 0.2) is 5.78 Å². The summed E-state index contributed by atoms with van der Waals surface area (Å²) in [4.78, 5) is 36.7. The van der Waals surface area contributed by atoms with E-state index in [-0.39, 0.29) is 30.1 Å². The molecule has 0 spiro atoms. The lowest BCUT2D eigenvalue weighted by Crippen LogP contribution is -2.54. The number of ketones is 1. The van der Waals surface area contributed by atoms with Crippen molar-refractivity contribution in [2.45, 2.75) is 66.2 Å². The molecule has 0 fully saturated rings. The lowest BCUT2D eigenvalue weighted by molar-refractivity contribution is -0.157. The minimum Gasteiger partial charge on any atom is -0.460 e. The monoisotopic (exact) mass is 299 g/mol. The van der Waals surface area contributed by atoms with Crippen LogP contribution in [0.5, 0.6) is 0 Å². The molecule has 5 heteroatoms.